The predicted octanol–water partition coefficient (Wildman–Crippen LogP) is 3.68. The second-order valence-electron chi connectivity index (χ2n) is 5.96. The Morgan fingerprint density at radius 3 is 2.54 bits per heavy atom. The molecule has 1 heterocycles. The van der Waals surface area contributed by atoms with Gasteiger partial charge in [0.1, 0.15) is 11.4 Å². The minimum Gasteiger partial charge on any atom is -0.480 e. The predicted molar refractivity (Wildman–Crippen MR) is 91.3 cm³/mol. The molecule has 0 saturated carbocycles. The molecule has 0 atom stereocenters. The van der Waals surface area contributed by atoms with Crippen molar-refractivity contribution in [2.75, 3.05) is 6.61 Å². The zero-order valence-corrected chi connectivity index (χ0v) is 15.7. The summed E-state index contributed by atoms with van der Waals surface area (Å²) in [6, 6.07) is 1.75. The lowest BCUT2D eigenvalue weighted by Gasteiger charge is -2.14. The van der Waals surface area contributed by atoms with Crippen LogP contribution in [-0.2, 0) is 15.7 Å². The number of ether oxygens (including phenoxy) is 2. The normalized spacial score (nSPS) is 11.6. The number of aromatic nitrogens is 2. The summed E-state index contributed by atoms with van der Waals surface area (Å²) in [6.07, 6.45) is -4.74. The van der Waals surface area contributed by atoms with Crippen LogP contribution in [0.25, 0.3) is 5.69 Å². The Labute approximate surface area is 161 Å². The van der Waals surface area contributed by atoms with Crippen molar-refractivity contribution in [3.63, 3.8) is 0 Å². The van der Waals surface area contributed by atoms with Crippen LogP contribution in [0.4, 0.5) is 17.6 Å². The fourth-order valence-corrected chi connectivity index (χ4v) is 2.43. The van der Waals surface area contributed by atoms with Gasteiger partial charge in [0.2, 0.25) is 0 Å². The molecule has 6 nitrogen and oxygen atoms in total. The number of carbonyl (C=O) groups is 1. The van der Waals surface area contributed by atoms with E-state index in [9.17, 15) is 27.2 Å². The van der Waals surface area contributed by atoms with Crippen molar-refractivity contribution in [1.82, 2.24) is 9.78 Å². The van der Waals surface area contributed by atoms with E-state index in [1.807, 2.05) is 0 Å². The summed E-state index contributed by atoms with van der Waals surface area (Å²) in [6.45, 7) is 3.67. The second-order valence-corrected chi connectivity index (χ2v) is 6.37. The quantitative estimate of drug-likeness (QED) is 0.543. The van der Waals surface area contributed by atoms with Crippen molar-refractivity contribution in [1.29, 1.82) is 0 Å². The molecule has 0 aliphatic heterocycles. The number of esters is 1. The molecule has 152 valence electrons. The van der Waals surface area contributed by atoms with E-state index in [0.717, 1.165) is 19.1 Å². The van der Waals surface area contributed by atoms with Crippen LogP contribution in [0.3, 0.4) is 0 Å². The number of carbonyl (C=O) groups excluding carboxylic acids is 1. The van der Waals surface area contributed by atoms with Crippen LogP contribution in [0.2, 0.25) is 5.02 Å². The Kier molecular flexibility index (Phi) is 6.33. The summed E-state index contributed by atoms with van der Waals surface area (Å²) >= 11 is 5.86. The van der Waals surface area contributed by atoms with Crippen LogP contribution >= 0.6 is 11.6 Å². The second kappa shape index (κ2) is 8.17. The summed E-state index contributed by atoms with van der Waals surface area (Å²) < 4.78 is 63.4. The lowest BCUT2D eigenvalue weighted by atomic mass is 10.2. The van der Waals surface area contributed by atoms with Gasteiger partial charge in [0.15, 0.2) is 12.4 Å². The zero-order valence-electron chi connectivity index (χ0n) is 14.9. The van der Waals surface area contributed by atoms with E-state index in [0.29, 0.717) is 10.9 Å². The largest absolute Gasteiger partial charge is 0.480 e. The maximum Gasteiger partial charge on any atom is 0.418 e. The SMILES string of the molecule is Cc1c(C(F)(F)F)cnn(-c2cc(OCC(=O)OC(C)C)c(Cl)cc2F)c1=O. The van der Waals surface area contributed by atoms with Gasteiger partial charge in [-0.3, -0.25) is 4.79 Å². The molecule has 1 aromatic heterocycles. The Bertz CT molecular complexity index is 957. The van der Waals surface area contributed by atoms with Gasteiger partial charge in [-0.25, -0.2) is 9.18 Å². The fourth-order valence-electron chi connectivity index (χ4n) is 2.22. The standard InChI is InChI=1S/C17H15ClF4N2O4/c1-8(2)28-15(25)7-27-14-5-13(12(19)4-11(14)18)24-16(26)9(3)10(6-23-24)17(20,21)22/h4-6,8H,7H2,1-3H3. The van der Waals surface area contributed by atoms with Crippen molar-refractivity contribution in [2.45, 2.75) is 33.1 Å². The number of hydrogen-bond acceptors (Lipinski definition) is 5. The molecule has 0 aliphatic carbocycles. The number of hydrogen-bond donors (Lipinski definition) is 0. The first-order valence-electron chi connectivity index (χ1n) is 7.89. The van der Waals surface area contributed by atoms with Crippen LogP contribution in [0, 0.1) is 12.7 Å². The first-order chi connectivity index (χ1) is 12.9. The van der Waals surface area contributed by atoms with E-state index >= 15 is 0 Å². The van der Waals surface area contributed by atoms with Crippen LogP contribution in [0.1, 0.15) is 25.0 Å². The van der Waals surface area contributed by atoms with Crippen molar-refractivity contribution < 1.29 is 31.8 Å². The number of alkyl halides is 3. The molecule has 0 unspecified atom stereocenters. The van der Waals surface area contributed by atoms with Crippen molar-refractivity contribution in [3.8, 4) is 11.4 Å². The number of rotatable bonds is 5. The molecule has 11 heteroatoms. The first-order valence-corrected chi connectivity index (χ1v) is 8.27. The van der Waals surface area contributed by atoms with Gasteiger partial charge < -0.3 is 9.47 Å². The van der Waals surface area contributed by atoms with E-state index in [1.54, 1.807) is 13.8 Å². The molecule has 0 aliphatic rings. The summed E-state index contributed by atoms with van der Waals surface area (Å²) in [4.78, 5) is 23.8. The van der Waals surface area contributed by atoms with Gasteiger partial charge in [0.25, 0.3) is 5.56 Å². The molecule has 0 saturated heterocycles. The van der Waals surface area contributed by atoms with E-state index in [1.165, 1.54) is 0 Å². The van der Waals surface area contributed by atoms with E-state index in [4.69, 9.17) is 21.1 Å². The molecular weight excluding hydrogens is 408 g/mol. The van der Waals surface area contributed by atoms with E-state index < -0.39 is 46.9 Å². The topological polar surface area (TPSA) is 70.4 Å². The Hall–Kier alpha value is -2.62. The van der Waals surface area contributed by atoms with Crippen LogP contribution < -0.4 is 10.3 Å². The zero-order chi connectivity index (χ0) is 21.2. The fraction of sp³-hybridized carbons (Fsp3) is 0.353. The average molecular weight is 423 g/mol. The van der Waals surface area contributed by atoms with Crippen molar-refractivity contribution in [3.05, 3.63) is 50.7 Å². The highest BCUT2D eigenvalue weighted by Crippen LogP contribution is 2.31. The van der Waals surface area contributed by atoms with Gasteiger partial charge in [0.05, 0.1) is 22.9 Å². The average Bonchev–Trinajstić information content (AvgIpc) is 2.55. The van der Waals surface area contributed by atoms with E-state index in [-0.39, 0.29) is 16.9 Å². The smallest absolute Gasteiger partial charge is 0.418 e. The molecule has 0 spiro atoms. The Morgan fingerprint density at radius 1 is 1.32 bits per heavy atom. The molecule has 0 N–H and O–H groups in total. The number of benzene rings is 1. The summed E-state index contributed by atoms with van der Waals surface area (Å²) in [5.74, 6) is -1.90. The summed E-state index contributed by atoms with van der Waals surface area (Å²) in [7, 11) is 0. The molecule has 0 fully saturated rings. The molecule has 2 aromatic rings. The summed E-state index contributed by atoms with van der Waals surface area (Å²) in [5, 5.41) is 3.18. The monoisotopic (exact) mass is 422 g/mol. The number of nitrogens with zero attached hydrogens (tertiary/aromatic N) is 2. The minimum atomic E-state index is -4.78. The Morgan fingerprint density at radius 2 is 1.96 bits per heavy atom. The van der Waals surface area contributed by atoms with Crippen LogP contribution in [0.5, 0.6) is 5.75 Å². The van der Waals surface area contributed by atoms with Crippen molar-refractivity contribution >= 4 is 17.6 Å². The van der Waals surface area contributed by atoms with Gasteiger partial charge in [-0.2, -0.15) is 23.0 Å². The maximum atomic E-state index is 14.3. The lowest BCUT2D eigenvalue weighted by molar-refractivity contribution is -0.149. The molecule has 0 bridgehead atoms. The number of halogens is 5. The first kappa shape index (κ1) is 21.7. The van der Waals surface area contributed by atoms with Crippen molar-refractivity contribution in [2.24, 2.45) is 0 Å². The van der Waals surface area contributed by atoms with Crippen LogP contribution in [0.15, 0.2) is 23.1 Å². The molecular formula is C17H15ClF4N2O4. The third-order valence-electron chi connectivity index (χ3n) is 3.47. The van der Waals surface area contributed by atoms with Gasteiger partial charge in [-0.05, 0) is 26.8 Å². The maximum absolute atomic E-state index is 14.3. The Balaban J connectivity index is 2.43. The summed E-state index contributed by atoms with van der Waals surface area (Å²) in [5.41, 5.74) is -3.53. The highest BCUT2D eigenvalue weighted by molar-refractivity contribution is 6.32. The van der Waals surface area contributed by atoms with E-state index in [2.05, 4.69) is 5.10 Å². The third kappa shape index (κ3) is 4.80. The molecule has 0 radical (unpaired) electrons. The lowest BCUT2D eigenvalue weighted by Crippen LogP contribution is -2.28. The molecule has 1 aromatic carbocycles. The highest BCUT2D eigenvalue weighted by atomic mass is 35.5. The third-order valence-corrected chi connectivity index (χ3v) is 3.76. The van der Waals surface area contributed by atoms with Gasteiger partial charge in [-0.15, -0.1) is 0 Å². The molecule has 0 amide bonds. The highest BCUT2D eigenvalue weighted by Gasteiger charge is 2.34. The van der Waals surface area contributed by atoms with Gasteiger partial charge in [-0.1, -0.05) is 11.6 Å². The van der Waals surface area contributed by atoms with Crippen LogP contribution in [-0.4, -0.2) is 28.5 Å². The van der Waals surface area contributed by atoms with Gasteiger partial charge >= 0.3 is 12.1 Å². The molecule has 28 heavy (non-hydrogen) atoms. The van der Waals surface area contributed by atoms with Gasteiger partial charge in [0, 0.05) is 11.6 Å². The minimum absolute atomic E-state index is 0.176. The molecule has 2 rings (SSSR count).